The number of likely N-dealkylation sites (tertiary alicyclic amines) is 1. The Bertz CT molecular complexity index is 1380. The van der Waals surface area contributed by atoms with Crippen molar-refractivity contribution in [1.29, 1.82) is 0 Å². The molecule has 1 heterocycles. The first kappa shape index (κ1) is 37.5. The van der Waals surface area contributed by atoms with E-state index in [2.05, 4.69) is 16.6 Å². The number of nitrogens with one attached hydrogen (secondary N) is 2. The average molecular weight is 698 g/mol. The third kappa shape index (κ3) is 10.6. The average Bonchev–Trinajstić information content (AvgIpc) is 3.03. The Hall–Kier alpha value is -3.32. The number of ether oxygens (including phenoxy) is 2. The van der Waals surface area contributed by atoms with Gasteiger partial charge < -0.3 is 19.7 Å². The fourth-order valence-electron chi connectivity index (χ4n) is 5.70. The van der Waals surface area contributed by atoms with E-state index in [1.54, 1.807) is 45.0 Å². The lowest BCUT2D eigenvalue weighted by Crippen LogP contribution is -2.56. The predicted octanol–water partition coefficient (Wildman–Crippen LogP) is 8.49. The third-order valence-corrected chi connectivity index (χ3v) is 9.29. The molecule has 4 rings (SSSR count). The predicted molar refractivity (Wildman–Crippen MR) is 176 cm³/mol. The van der Waals surface area contributed by atoms with Crippen molar-refractivity contribution in [2.75, 3.05) is 19.7 Å². The Labute approximate surface area is 283 Å². The van der Waals surface area contributed by atoms with Crippen molar-refractivity contribution in [1.82, 2.24) is 14.9 Å². The Morgan fingerprint density at radius 3 is 2.08 bits per heavy atom. The van der Waals surface area contributed by atoms with Gasteiger partial charge in [-0.15, -0.1) is 0 Å². The minimum atomic E-state index is -4.72. The van der Waals surface area contributed by atoms with E-state index >= 15 is 8.78 Å². The highest BCUT2D eigenvalue weighted by Crippen LogP contribution is 2.38. The van der Waals surface area contributed by atoms with Crippen LogP contribution in [0.5, 0.6) is 5.75 Å². The summed E-state index contributed by atoms with van der Waals surface area (Å²) < 4.78 is 85.7. The zero-order valence-corrected chi connectivity index (χ0v) is 28.3. The van der Waals surface area contributed by atoms with Crippen LogP contribution in [0.15, 0.2) is 60.0 Å². The van der Waals surface area contributed by atoms with E-state index in [1.807, 2.05) is 0 Å². The van der Waals surface area contributed by atoms with Gasteiger partial charge in [-0.2, -0.15) is 22.0 Å². The number of carbonyl (C=O) groups is 2. The van der Waals surface area contributed by atoms with Crippen molar-refractivity contribution in [3.8, 4) is 5.75 Å². The highest BCUT2D eigenvalue weighted by molar-refractivity contribution is 7.97. The van der Waals surface area contributed by atoms with Crippen molar-refractivity contribution in [2.45, 2.75) is 100 Å². The van der Waals surface area contributed by atoms with Crippen LogP contribution in [-0.2, 0) is 15.5 Å². The van der Waals surface area contributed by atoms with Crippen LogP contribution in [0.3, 0.4) is 0 Å². The van der Waals surface area contributed by atoms with Gasteiger partial charge in [0.15, 0.2) is 6.04 Å². The normalized spacial score (nSPS) is 17.5. The van der Waals surface area contributed by atoms with Gasteiger partial charge in [-0.3, -0.25) is 4.79 Å². The van der Waals surface area contributed by atoms with Crippen molar-refractivity contribution in [3.05, 3.63) is 66.2 Å². The maximum atomic E-state index is 16.2. The highest BCUT2D eigenvalue weighted by atomic mass is 32.2. The number of hydrogen-bond acceptors (Lipinski definition) is 6. The summed E-state index contributed by atoms with van der Waals surface area (Å²) in [4.78, 5) is 27.8. The first-order chi connectivity index (χ1) is 22.5. The Balaban J connectivity index is 1.46. The van der Waals surface area contributed by atoms with Gasteiger partial charge in [0.1, 0.15) is 11.4 Å². The summed E-state index contributed by atoms with van der Waals surface area (Å²) in [6.45, 7) is 9.06. The molecule has 2 aromatic carbocycles. The summed E-state index contributed by atoms with van der Waals surface area (Å²) in [6.07, 6.45) is 1.26. The lowest BCUT2D eigenvalue weighted by molar-refractivity contribution is -0.145. The maximum absolute atomic E-state index is 16.2. The number of alkyl carbamates (subject to hydrolysis) is 1. The number of hydrogen-bond donors (Lipinski definition) is 2. The molecule has 2 N–H and O–H groups in total. The zero-order valence-electron chi connectivity index (χ0n) is 27.5. The molecule has 7 nitrogen and oxygen atoms in total. The number of halogens is 5. The summed E-state index contributed by atoms with van der Waals surface area (Å²) in [5.74, 6) is -3.51. The molecule has 1 saturated heterocycles. The van der Waals surface area contributed by atoms with Crippen LogP contribution in [0.25, 0.3) is 5.57 Å². The maximum Gasteiger partial charge on any atom is 0.416 e. The van der Waals surface area contributed by atoms with Crippen molar-refractivity contribution in [3.63, 3.8) is 0 Å². The minimum absolute atomic E-state index is 0.107. The second kappa shape index (κ2) is 15.9. The van der Waals surface area contributed by atoms with E-state index < -0.39 is 46.9 Å². The van der Waals surface area contributed by atoms with Crippen LogP contribution < -0.4 is 14.8 Å². The Morgan fingerprint density at radius 2 is 1.52 bits per heavy atom. The highest BCUT2D eigenvalue weighted by Gasteiger charge is 2.48. The number of piperidine rings is 1. The van der Waals surface area contributed by atoms with Gasteiger partial charge >= 0.3 is 12.3 Å². The van der Waals surface area contributed by atoms with Crippen LogP contribution in [-0.4, -0.2) is 60.5 Å². The molecule has 1 aliphatic heterocycles. The molecule has 1 atom stereocenters. The first-order valence-corrected chi connectivity index (χ1v) is 17.0. The molecule has 1 unspecified atom stereocenters. The summed E-state index contributed by atoms with van der Waals surface area (Å²) >= 11 is 0.853. The number of nitrogens with zero attached hydrogens (tertiary/aromatic N) is 1. The molecule has 2 amide bonds. The van der Waals surface area contributed by atoms with Gasteiger partial charge in [-0.05, 0) is 94.1 Å². The number of benzene rings is 2. The van der Waals surface area contributed by atoms with Gasteiger partial charge in [0.05, 0.1) is 12.2 Å². The lowest BCUT2D eigenvalue weighted by Gasteiger charge is -2.36. The third-order valence-electron chi connectivity index (χ3n) is 8.43. The lowest BCUT2D eigenvalue weighted by atomic mass is 9.90. The molecule has 1 saturated carbocycles. The molecule has 0 radical (unpaired) electrons. The van der Waals surface area contributed by atoms with Gasteiger partial charge in [0.2, 0.25) is 5.91 Å². The van der Waals surface area contributed by atoms with Gasteiger partial charge in [-0.25, -0.2) is 9.52 Å². The molecule has 13 heteroatoms. The quantitative estimate of drug-likeness (QED) is 0.181. The summed E-state index contributed by atoms with van der Waals surface area (Å²) in [5.41, 5.74) is -2.82. The summed E-state index contributed by atoms with van der Waals surface area (Å²) in [7, 11) is 0. The van der Waals surface area contributed by atoms with E-state index in [9.17, 15) is 22.8 Å². The van der Waals surface area contributed by atoms with Crippen molar-refractivity contribution >= 4 is 29.5 Å². The summed E-state index contributed by atoms with van der Waals surface area (Å²) in [5, 5.41) is 2.76. The largest absolute Gasteiger partial charge is 0.493 e. The number of rotatable bonds is 11. The summed E-state index contributed by atoms with van der Waals surface area (Å²) in [6, 6.07) is 8.16. The molecular formula is C35H44F5N3O4S. The first-order valence-electron chi connectivity index (χ1n) is 16.2. The SMILES string of the molecule is C=C(c1ccc(C(F)(F)C(NSc2ccc(OCC3CCCCC3)cc2)C(=O)N2CCC(NC(=O)OC(C)(C)C)CC2)cc1)C(F)(F)F. The van der Waals surface area contributed by atoms with Crippen LogP contribution >= 0.6 is 11.9 Å². The molecule has 0 aromatic heterocycles. The van der Waals surface area contributed by atoms with E-state index in [4.69, 9.17) is 9.47 Å². The van der Waals surface area contributed by atoms with Crippen molar-refractivity contribution < 1.29 is 41.0 Å². The fraction of sp³-hybridized carbons (Fsp3) is 0.543. The molecular weight excluding hydrogens is 653 g/mol. The molecule has 0 spiro atoms. The molecule has 2 aromatic rings. The van der Waals surface area contributed by atoms with Crippen LogP contribution in [0.1, 0.15) is 76.8 Å². The smallest absolute Gasteiger partial charge is 0.416 e. The number of alkyl halides is 5. The number of carbonyl (C=O) groups excluding carboxylic acids is 2. The molecule has 48 heavy (non-hydrogen) atoms. The van der Waals surface area contributed by atoms with Crippen molar-refractivity contribution in [2.24, 2.45) is 5.92 Å². The van der Waals surface area contributed by atoms with E-state index in [0.717, 1.165) is 49.1 Å². The van der Waals surface area contributed by atoms with E-state index in [-0.39, 0.29) is 24.7 Å². The standard InChI is InChI=1S/C35H44F5N3O4S/c1-23(35(38,39)40)25-10-12-26(13-11-25)34(36,37)30(31(44)43-20-18-27(19-21-43)41-32(45)47-33(2,3)4)42-48-29-16-14-28(15-17-29)46-22-24-8-6-5-7-9-24/h10-17,24,27,30,42H,1,5-9,18-22H2,2-4H3,(H,41,45). The number of amides is 2. The van der Waals surface area contributed by atoms with Crippen LogP contribution in [0.2, 0.25) is 0 Å². The molecule has 1 aliphatic carbocycles. The fourth-order valence-corrected chi connectivity index (χ4v) is 6.48. The molecule has 2 aliphatic rings. The molecule has 0 bridgehead atoms. The van der Waals surface area contributed by atoms with E-state index in [0.29, 0.717) is 36.0 Å². The Morgan fingerprint density at radius 1 is 0.917 bits per heavy atom. The molecule has 264 valence electrons. The second-order valence-electron chi connectivity index (χ2n) is 13.4. The minimum Gasteiger partial charge on any atom is -0.493 e. The molecule has 2 fully saturated rings. The second-order valence-corrected chi connectivity index (χ2v) is 14.3. The van der Waals surface area contributed by atoms with Gasteiger partial charge in [-0.1, -0.05) is 50.1 Å². The zero-order chi connectivity index (χ0) is 35.1. The topological polar surface area (TPSA) is 79.9 Å². The van der Waals surface area contributed by atoms with Crippen LogP contribution in [0.4, 0.5) is 26.7 Å². The van der Waals surface area contributed by atoms with Crippen LogP contribution in [0, 0.1) is 5.92 Å². The van der Waals surface area contributed by atoms with Gasteiger partial charge in [0.25, 0.3) is 5.92 Å². The van der Waals surface area contributed by atoms with E-state index in [1.165, 1.54) is 24.2 Å². The number of allylic oxidation sites excluding steroid dienone is 1. The Kier molecular flexibility index (Phi) is 12.4. The monoisotopic (exact) mass is 697 g/mol. The van der Waals surface area contributed by atoms with Gasteiger partial charge in [0, 0.05) is 29.6 Å².